The van der Waals surface area contributed by atoms with Gasteiger partial charge in [-0.3, -0.25) is 0 Å². The van der Waals surface area contributed by atoms with E-state index >= 15 is 0 Å². The maximum Gasteiger partial charge on any atom is 0.145 e. The molecule has 6 aromatic rings. The Kier molecular flexibility index (Phi) is 3.71. The summed E-state index contributed by atoms with van der Waals surface area (Å²) in [4.78, 5) is 0. The zero-order chi connectivity index (χ0) is 25.2. The van der Waals surface area contributed by atoms with E-state index in [1.807, 2.05) is 14.2 Å². The second-order valence-electron chi connectivity index (χ2n) is 10.6. The molecule has 2 atom stereocenters. The number of methoxy groups -OCH3 is 2. The van der Waals surface area contributed by atoms with Crippen LogP contribution in [0.3, 0.4) is 0 Å². The summed E-state index contributed by atoms with van der Waals surface area (Å²) in [7, 11) is 3.74. The maximum absolute atomic E-state index is 6.82. The summed E-state index contributed by atoms with van der Waals surface area (Å²) in [5.74, 6) is 0. The number of rotatable bonds is 2. The van der Waals surface area contributed by atoms with Gasteiger partial charge in [0, 0.05) is 47.6 Å². The average Bonchev–Trinajstić information content (AvgIpc) is 3.46. The van der Waals surface area contributed by atoms with Crippen LogP contribution in [0.2, 0.25) is 0 Å². The lowest BCUT2D eigenvalue weighted by Gasteiger charge is -2.46. The van der Waals surface area contributed by atoms with Gasteiger partial charge in [0.2, 0.25) is 0 Å². The highest BCUT2D eigenvalue weighted by atomic mass is 16.5. The van der Waals surface area contributed by atoms with Gasteiger partial charge in [-0.05, 0) is 43.8 Å². The summed E-state index contributed by atoms with van der Waals surface area (Å²) in [6.45, 7) is 0. The Morgan fingerprint density at radius 1 is 0.395 bits per heavy atom. The molecule has 0 unspecified atom stereocenters. The van der Waals surface area contributed by atoms with Gasteiger partial charge in [0.1, 0.15) is 11.2 Å². The maximum atomic E-state index is 6.82. The van der Waals surface area contributed by atoms with E-state index in [2.05, 4.69) is 109 Å². The average molecular weight is 489 g/mol. The van der Waals surface area contributed by atoms with Crippen molar-refractivity contribution in [3.05, 3.63) is 143 Å². The lowest BCUT2D eigenvalue weighted by atomic mass is 9.65. The highest BCUT2D eigenvalue weighted by molar-refractivity contribution is 6.04. The first-order valence-corrected chi connectivity index (χ1v) is 13.2. The standard InChI is InChI=1S/C36H24O2/c1-37-35-29-15-7-14-26-28-20-18-22-10-4-6-12-24(22)32(28)36(38-2,34(26)29)30-16-8-13-25(33(30)35)27-19-17-21-9-3-5-11-23(21)31(27)35/h3-20H,1-2H3/t35-,36-/m1/s1. The molecule has 0 saturated heterocycles. The summed E-state index contributed by atoms with van der Waals surface area (Å²) in [5.41, 5.74) is 10.7. The van der Waals surface area contributed by atoms with Crippen molar-refractivity contribution in [3.8, 4) is 22.3 Å². The minimum Gasteiger partial charge on any atom is -0.364 e. The van der Waals surface area contributed by atoms with E-state index in [1.165, 1.54) is 77.2 Å². The second-order valence-corrected chi connectivity index (χ2v) is 10.6. The molecule has 2 nitrogen and oxygen atoms in total. The monoisotopic (exact) mass is 488 g/mol. The Labute approximate surface area is 221 Å². The smallest absolute Gasteiger partial charge is 0.145 e. The molecule has 9 rings (SSSR count). The van der Waals surface area contributed by atoms with Gasteiger partial charge in [-0.25, -0.2) is 0 Å². The molecule has 0 aliphatic heterocycles. The van der Waals surface area contributed by atoms with Crippen LogP contribution in [0.1, 0.15) is 33.4 Å². The number of hydrogen-bond donors (Lipinski definition) is 0. The largest absolute Gasteiger partial charge is 0.364 e. The van der Waals surface area contributed by atoms with Gasteiger partial charge in [0.05, 0.1) is 0 Å². The fourth-order valence-corrected chi connectivity index (χ4v) is 8.07. The molecule has 0 fully saturated rings. The predicted octanol–water partition coefficient (Wildman–Crippen LogP) is 8.14. The number of ether oxygens (including phenoxy) is 2. The third-order valence-electron chi connectivity index (χ3n) is 9.35. The molecule has 3 aliphatic rings. The molecule has 0 spiro atoms. The molecule has 0 aromatic heterocycles. The molecule has 0 N–H and O–H groups in total. The molecular formula is C36H24O2. The number of hydrogen-bond acceptors (Lipinski definition) is 2. The van der Waals surface area contributed by atoms with Crippen molar-refractivity contribution < 1.29 is 9.47 Å². The van der Waals surface area contributed by atoms with Crippen LogP contribution >= 0.6 is 0 Å². The van der Waals surface area contributed by atoms with Crippen molar-refractivity contribution in [2.24, 2.45) is 0 Å². The third kappa shape index (κ3) is 2.03. The summed E-state index contributed by atoms with van der Waals surface area (Å²) >= 11 is 0. The molecule has 38 heavy (non-hydrogen) atoms. The minimum atomic E-state index is -0.729. The molecular weight excluding hydrogens is 464 g/mol. The van der Waals surface area contributed by atoms with Gasteiger partial charge in [-0.1, -0.05) is 109 Å². The first-order valence-electron chi connectivity index (χ1n) is 13.2. The van der Waals surface area contributed by atoms with Crippen molar-refractivity contribution >= 4 is 21.5 Å². The molecule has 180 valence electrons. The highest BCUT2D eigenvalue weighted by Crippen LogP contribution is 2.68. The predicted molar refractivity (Wildman–Crippen MR) is 153 cm³/mol. The Morgan fingerprint density at radius 3 is 1.26 bits per heavy atom. The first kappa shape index (κ1) is 20.8. The molecule has 0 saturated carbocycles. The van der Waals surface area contributed by atoms with Gasteiger partial charge in [0.15, 0.2) is 0 Å². The Bertz CT molecular complexity index is 1870. The lowest BCUT2D eigenvalue weighted by molar-refractivity contribution is 0.0229. The fourth-order valence-electron chi connectivity index (χ4n) is 8.07. The Hall–Kier alpha value is -4.24. The van der Waals surface area contributed by atoms with E-state index in [-0.39, 0.29) is 0 Å². The number of benzene rings is 6. The minimum absolute atomic E-state index is 0.729. The molecule has 0 bridgehead atoms. The van der Waals surface area contributed by atoms with E-state index < -0.39 is 11.2 Å². The van der Waals surface area contributed by atoms with E-state index in [9.17, 15) is 0 Å². The van der Waals surface area contributed by atoms with Crippen LogP contribution in [-0.4, -0.2) is 14.2 Å². The van der Waals surface area contributed by atoms with Crippen LogP contribution < -0.4 is 0 Å². The molecule has 6 aromatic carbocycles. The van der Waals surface area contributed by atoms with E-state index in [4.69, 9.17) is 9.47 Å². The van der Waals surface area contributed by atoms with Crippen molar-refractivity contribution in [1.29, 1.82) is 0 Å². The van der Waals surface area contributed by atoms with Crippen LogP contribution in [0.25, 0.3) is 43.8 Å². The molecule has 0 radical (unpaired) electrons. The van der Waals surface area contributed by atoms with Crippen LogP contribution in [0.5, 0.6) is 0 Å². The summed E-state index contributed by atoms with van der Waals surface area (Å²) < 4.78 is 13.6. The van der Waals surface area contributed by atoms with Gasteiger partial charge in [-0.2, -0.15) is 0 Å². The van der Waals surface area contributed by atoms with Crippen LogP contribution in [0.15, 0.2) is 109 Å². The zero-order valence-electron chi connectivity index (χ0n) is 21.2. The quantitative estimate of drug-likeness (QED) is 0.245. The zero-order valence-corrected chi connectivity index (χ0v) is 21.2. The van der Waals surface area contributed by atoms with Crippen molar-refractivity contribution in [2.75, 3.05) is 14.2 Å². The van der Waals surface area contributed by atoms with Gasteiger partial charge < -0.3 is 9.47 Å². The van der Waals surface area contributed by atoms with E-state index in [0.717, 1.165) is 0 Å². The third-order valence-corrected chi connectivity index (χ3v) is 9.35. The van der Waals surface area contributed by atoms with Crippen LogP contribution in [-0.2, 0) is 20.7 Å². The molecule has 2 heteroatoms. The summed E-state index contributed by atoms with van der Waals surface area (Å²) in [5, 5.41) is 4.92. The van der Waals surface area contributed by atoms with Crippen LogP contribution in [0.4, 0.5) is 0 Å². The van der Waals surface area contributed by atoms with Crippen molar-refractivity contribution in [1.82, 2.24) is 0 Å². The normalized spacial score (nSPS) is 21.3. The van der Waals surface area contributed by atoms with Crippen molar-refractivity contribution in [3.63, 3.8) is 0 Å². The first-order chi connectivity index (χ1) is 18.8. The van der Waals surface area contributed by atoms with E-state index in [1.54, 1.807) is 0 Å². The SMILES string of the molecule is CO[C@@]12c3cccc4c3[C@@](OC)(c3cccc(c31)-c1ccc3ccccc3c12)c1c-4ccc2ccccc12. The number of fused-ring (bicyclic) bond motifs is 12. The highest BCUT2D eigenvalue weighted by Gasteiger charge is 2.61. The second kappa shape index (κ2) is 6.79. The molecule has 3 aliphatic carbocycles. The van der Waals surface area contributed by atoms with Gasteiger partial charge >= 0.3 is 0 Å². The molecule has 0 amide bonds. The summed E-state index contributed by atoms with van der Waals surface area (Å²) in [6, 6.07) is 39.8. The van der Waals surface area contributed by atoms with Crippen molar-refractivity contribution in [2.45, 2.75) is 11.2 Å². The summed E-state index contributed by atoms with van der Waals surface area (Å²) in [6.07, 6.45) is 0. The Balaban J connectivity index is 1.55. The van der Waals surface area contributed by atoms with Gasteiger partial charge in [0.25, 0.3) is 0 Å². The fraction of sp³-hybridized carbons (Fsp3) is 0.111. The Morgan fingerprint density at radius 2 is 0.816 bits per heavy atom. The lowest BCUT2D eigenvalue weighted by Crippen LogP contribution is -2.44. The molecule has 0 heterocycles. The topological polar surface area (TPSA) is 18.5 Å². The van der Waals surface area contributed by atoms with Gasteiger partial charge in [-0.15, -0.1) is 0 Å². The van der Waals surface area contributed by atoms with Crippen LogP contribution in [0, 0.1) is 0 Å². The van der Waals surface area contributed by atoms with E-state index in [0.29, 0.717) is 0 Å².